The van der Waals surface area contributed by atoms with Crippen LogP contribution in [0.25, 0.3) is 0 Å². The number of halogens is 15. The van der Waals surface area contributed by atoms with Gasteiger partial charge in [-0.1, -0.05) is 0 Å². The molecule has 0 aliphatic heterocycles. The lowest BCUT2D eigenvalue weighted by molar-refractivity contribution is -0.0115. The Morgan fingerprint density at radius 1 is 0.297 bits per heavy atom. The van der Waals surface area contributed by atoms with Crippen LogP contribution in [0.1, 0.15) is 0 Å². The maximum Gasteiger partial charge on any atom is 0.417 e. The highest BCUT2D eigenvalue weighted by atomic mass is 27.2. The molecule has 0 saturated heterocycles. The Hall–Kier alpha value is -3.46. The first-order chi connectivity index (χ1) is 17.3. The van der Waals surface area contributed by atoms with Gasteiger partial charge >= 0.3 is 14.1 Å². The van der Waals surface area contributed by atoms with Gasteiger partial charge < -0.3 is 0 Å². The van der Waals surface area contributed by atoms with Gasteiger partial charge in [0.25, 0.3) is 0 Å². The topological polar surface area (TPSA) is 27.7 Å². The van der Waals surface area contributed by atoms with Crippen molar-refractivity contribution in [1.82, 2.24) is 0 Å². The van der Waals surface area contributed by atoms with Gasteiger partial charge in [-0.2, -0.15) is 13.2 Å². The Labute approximate surface area is 196 Å². The van der Waals surface area contributed by atoms with Crippen molar-refractivity contribution in [1.29, 1.82) is 0 Å². The van der Waals surface area contributed by atoms with Crippen LogP contribution < -0.4 is 28.1 Å². The molecular weight excluding hydrogens is 576 g/mol. The second kappa shape index (κ2) is 10.1. The highest BCUT2D eigenvalue weighted by Gasteiger charge is 2.48. The third kappa shape index (κ3) is 4.05. The maximum absolute atomic E-state index is 14.8. The Balaban J connectivity index is 2.76. The van der Waals surface area contributed by atoms with Gasteiger partial charge in [-0.05, 0) is 13.3 Å². The van der Waals surface area contributed by atoms with Crippen LogP contribution >= 0.6 is 0 Å². The molecule has 0 fully saturated rings. The largest absolute Gasteiger partial charge is 0.417 e. The fraction of sp³-hybridized carbons (Fsp3) is 0. The molecule has 0 saturated carbocycles. The minimum Gasteiger partial charge on any atom is -0.292 e. The van der Waals surface area contributed by atoms with E-state index in [0.29, 0.717) is 0 Å². The first-order valence-corrected chi connectivity index (χ1v) is 10.4. The lowest BCUT2D eigenvalue weighted by Gasteiger charge is -2.21. The van der Waals surface area contributed by atoms with E-state index in [1.807, 2.05) is 0 Å². The van der Waals surface area contributed by atoms with Crippen LogP contribution in [0, 0.1) is 69.8 Å². The Bertz CT molecular complexity index is 1260. The van der Waals surface area contributed by atoms with E-state index >= 15 is 0 Å². The summed E-state index contributed by atoms with van der Waals surface area (Å²) < 4.78 is 202. The lowest BCUT2D eigenvalue weighted by atomic mass is 10.2. The molecule has 198 valence electrons. The predicted octanol–water partition coefficient (Wildman–Crippen LogP) is 4.66. The fourth-order valence-electron chi connectivity index (χ4n) is 3.32. The average Bonchev–Trinajstić information content (AvgIpc) is 2.88. The van der Waals surface area contributed by atoms with E-state index in [2.05, 4.69) is 14.8 Å². The molecule has 3 aromatic carbocycles. The van der Waals surface area contributed by atoms with Gasteiger partial charge in [-0.3, -0.25) is 14.8 Å². The third-order valence-electron chi connectivity index (χ3n) is 4.87. The average molecular weight is 576 g/mol. The zero-order valence-corrected chi connectivity index (χ0v) is 17.6. The van der Waals surface area contributed by atoms with Crippen molar-refractivity contribution in [3.63, 3.8) is 0 Å². The Morgan fingerprint density at radius 2 is 0.486 bits per heavy atom. The summed E-state index contributed by atoms with van der Waals surface area (Å²) in [7, 11) is 0. The molecule has 0 radical (unpaired) electrons. The van der Waals surface area contributed by atoms with Crippen molar-refractivity contribution in [2.75, 3.05) is 0 Å². The minimum atomic E-state index is -5.99. The van der Waals surface area contributed by atoms with Crippen LogP contribution in [0.4, 0.5) is 66.3 Å². The predicted molar refractivity (Wildman–Crippen MR) is 88.7 cm³/mol. The van der Waals surface area contributed by atoms with E-state index in [1.165, 1.54) is 0 Å². The van der Waals surface area contributed by atoms with Crippen LogP contribution in [0.5, 0.6) is 17.2 Å². The van der Waals surface area contributed by atoms with Gasteiger partial charge in [0.15, 0.2) is 34.9 Å². The fourth-order valence-corrected chi connectivity index (χ4v) is 6.63. The highest BCUT2D eigenvalue weighted by molar-refractivity contribution is 6.97. The van der Waals surface area contributed by atoms with Crippen molar-refractivity contribution in [3.05, 3.63) is 69.8 Å². The summed E-state index contributed by atoms with van der Waals surface area (Å²) in [6.45, 7) is 0. The smallest absolute Gasteiger partial charge is 0.292 e. The van der Waals surface area contributed by atoms with Crippen molar-refractivity contribution >= 4 is 27.4 Å². The van der Waals surface area contributed by atoms with Gasteiger partial charge in [-0.25, -0.2) is 39.5 Å². The normalized spacial score (nSPS) is 11.1. The Morgan fingerprint density at radius 3 is 0.676 bits per heavy atom. The summed E-state index contributed by atoms with van der Waals surface area (Å²) in [6.07, 6.45) is 0. The second-order valence-electron chi connectivity index (χ2n) is 6.66. The molecule has 3 aromatic rings. The van der Waals surface area contributed by atoms with Crippen molar-refractivity contribution in [2.24, 2.45) is 0 Å². The molecule has 0 aromatic heterocycles. The van der Waals surface area contributed by atoms with E-state index in [4.69, 9.17) is 0 Å². The summed E-state index contributed by atoms with van der Waals surface area (Å²) in [5.74, 6) is -43.0. The van der Waals surface area contributed by atoms with Gasteiger partial charge in [0.1, 0.15) is 0 Å². The van der Waals surface area contributed by atoms with E-state index < -0.39 is 114 Å². The van der Waals surface area contributed by atoms with Gasteiger partial charge in [-0.15, -0.1) is 0 Å². The SMILES string of the molecule is FOc1c(F)c(F)c(F)c(F)[c]1[Al]([c]1c(F)c(F)c(F)c(F)c1OF)[c]1c(F)c(F)c(F)c(F)c1OF. The second-order valence-corrected chi connectivity index (χ2v) is 9.26. The van der Waals surface area contributed by atoms with Gasteiger partial charge in [0, 0.05) is 13.6 Å². The van der Waals surface area contributed by atoms with Crippen molar-refractivity contribution in [2.45, 2.75) is 0 Å². The standard InChI is InChI=1S/3C6F5O.Al/c3*7-2-1-3(12-11)5(9)6(10)4(2)8;. The summed E-state index contributed by atoms with van der Waals surface area (Å²) in [6, 6.07) is 0. The molecule has 0 aliphatic rings. The molecule has 0 bridgehead atoms. The zero-order chi connectivity index (χ0) is 28.1. The van der Waals surface area contributed by atoms with Crippen LogP contribution in [-0.4, -0.2) is 14.1 Å². The summed E-state index contributed by atoms with van der Waals surface area (Å²) in [5, 5.41) is 0. The first-order valence-electron chi connectivity index (χ1n) is 8.71. The zero-order valence-electron chi connectivity index (χ0n) is 16.5. The molecule has 3 nitrogen and oxygen atoms in total. The van der Waals surface area contributed by atoms with E-state index in [0.717, 1.165) is 0 Å². The van der Waals surface area contributed by atoms with E-state index in [-0.39, 0.29) is 0 Å². The molecular formula is C18AlF15O3. The Kier molecular flexibility index (Phi) is 7.70. The molecule has 0 heterocycles. The molecule has 0 atom stereocenters. The van der Waals surface area contributed by atoms with E-state index in [9.17, 15) is 66.3 Å². The molecule has 0 aliphatic carbocycles. The molecule has 0 spiro atoms. The first kappa shape index (κ1) is 28.1. The number of benzene rings is 3. The summed E-state index contributed by atoms with van der Waals surface area (Å²) >= 11 is -5.99. The van der Waals surface area contributed by atoms with Crippen LogP contribution in [0.3, 0.4) is 0 Å². The van der Waals surface area contributed by atoms with Crippen molar-refractivity contribution < 1.29 is 81.1 Å². The van der Waals surface area contributed by atoms with Gasteiger partial charge in [0.05, 0.1) is 0 Å². The maximum atomic E-state index is 14.8. The van der Waals surface area contributed by atoms with E-state index in [1.54, 1.807) is 0 Å². The summed E-state index contributed by atoms with van der Waals surface area (Å²) in [4.78, 5) is 8.36. The molecule has 19 heteroatoms. The third-order valence-corrected chi connectivity index (χ3v) is 8.15. The number of rotatable bonds is 6. The quantitative estimate of drug-likeness (QED) is 0.185. The number of hydrogen-bond acceptors (Lipinski definition) is 3. The highest BCUT2D eigenvalue weighted by Crippen LogP contribution is 2.31. The molecule has 3 rings (SSSR count). The van der Waals surface area contributed by atoms with Crippen molar-refractivity contribution in [3.8, 4) is 17.2 Å². The van der Waals surface area contributed by atoms with Crippen LogP contribution in [0.2, 0.25) is 0 Å². The lowest BCUT2D eigenvalue weighted by Crippen LogP contribution is -2.58. The number of hydrogen-bond donors (Lipinski definition) is 0. The molecule has 0 N–H and O–H groups in total. The minimum absolute atomic E-state index is 2.43. The molecule has 0 unspecified atom stereocenters. The molecule has 37 heavy (non-hydrogen) atoms. The van der Waals surface area contributed by atoms with Crippen LogP contribution in [0.15, 0.2) is 0 Å². The summed E-state index contributed by atoms with van der Waals surface area (Å²) in [5.41, 5.74) is 0. The van der Waals surface area contributed by atoms with Crippen LogP contribution in [-0.2, 0) is 0 Å². The van der Waals surface area contributed by atoms with Gasteiger partial charge in [0.2, 0.25) is 52.2 Å². The monoisotopic (exact) mass is 576 g/mol. The molecule has 0 amide bonds.